The Balaban J connectivity index is 2.08. The number of rotatable bonds is 7. The molecule has 1 aliphatic rings. The van der Waals surface area contributed by atoms with Crippen LogP contribution in [0.15, 0.2) is 24.3 Å². The molecular formula is C17H23NO4. The number of carboxylic acids is 1. The van der Waals surface area contributed by atoms with Crippen LogP contribution in [0.2, 0.25) is 0 Å². The zero-order valence-electron chi connectivity index (χ0n) is 13.1. The van der Waals surface area contributed by atoms with E-state index in [1.54, 1.807) is 38.3 Å². The number of carboxylic acid groups (broad SMARTS) is 1. The Morgan fingerprint density at radius 1 is 1.41 bits per heavy atom. The number of nitrogens with one attached hydrogen (secondary N) is 1. The van der Waals surface area contributed by atoms with Gasteiger partial charge in [-0.15, -0.1) is 0 Å². The van der Waals surface area contributed by atoms with Crippen molar-refractivity contribution in [2.24, 2.45) is 5.41 Å². The van der Waals surface area contributed by atoms with Crippen molar-refractivity contribution in [1.82, 2.24) is 0 Å². The van der Waals surface area contributed by atoms with Gasteiger partial charge < -0.3 is 15.2 Å². The van der Waals surface area contributed by atoms with Crippen LogP contribution in [0.4, 0.5) is 5.69 Å². The SMILES string of the molecule is COCCC1(C(=O)Nc2cccc(C(C)C(=O)O)c2)CCC1. The van der Waals surface area contributed by atoms with Crippen molar-refractivity contribution in [3.05, 3.63) is 29.8 Å². The van der Waals surface area contributed by atoms with E-state index in [1.807, 2.05) is 0 Å². The average molecular weight is 305 g/mol. The van der Waals surface area contributed by atoms with Gasteiger partial charge in [-0.1, -0.05) is 18.6 Å². The molecule has 1 unspecified atom stereocenters. The van der Waals surface area contributed by atoms with Gasteiger partial charge in [0.25, 0.3) is 0 Å². The number of carbonyl (C=O) groups is 2. The molecule has 120 valence electrons. The fourth-order valence-corrected chi connectivity index (χ4v) is 2.78. The predicted molar refractivity (Wildman–Crippen MR) is 83.9 cm³/mol. The molecule has 1 saturated carbocycles. The topological polar surface area (TPSA) is 75.6 Å². The van der Waals surface area contributed by atoms with E-state index < -0.39 is 11.9 Å². The van der Waals surface area contributed by atoms with Gasteiger partial charge in [0.05, 0.1) is 11.3 Å². The lowest BCUT2D eigenvalue weighted by atomic mass is 9.66. The number of benzene rings is 1. The second-order valence-electron chi connectivity index (χ2n) is 6.02. The molecule has 0 aliphatic heterocycles. The van der Waals surface area contributed by atoms with Crippen LogP contribution < -0.4 is 5.32 Å². The molecule has 0 saturated heterocycles. The molecule has 5 nitrogen and oxygen atoms in total. The Kier molecular flexibility index (Phi) is 5.19. The van der Waals surface area contributed by atoms with Crippen molar-refractivity contribution >= 4 is 17.6 Å². The van der Waals surface area contributed by atoms with E-state index in [4.69, 9.17) is 9.84 Å². The van der Waals surface area contributed by atoms with Crippen molar-refractivity contribution in [2.75, 3.05) is 19.0 Å². The molecule has 0 spiro atoms. The number of amides is 1. The first-order valence-electron chi connectivity index (χ1n) is 7.62. The fraction of sp³-hybridized carbons (Fsp3) is 0.529. The molecule has 1 fully saturated rings. The van der Waals surface area contributed by atoms with Crippen LogP contribution in [0.3, 0.4) is 0 Å². The Hall–Kier alpha value is -1.88. The van der Waals surface area contributed by atoms with Crippen LogP contribution in [0.25, 0.3) is 0 Å². The Labute approximate surface area is 130 Å². The van der Waals surface area contributed by atoms with E-state index in [0.29, 0.717) is 17.9 Å². The summed E-state index contributed by atoms with van der Waals surface area (Å²) in [5.41, 5.74) is 1.01. The molecule has 2 rings (SSSR count). The molecule has 0 bridgehead atoms. The van der Waals surface area contributed by atoms with Gasteiger partial charge in [-0.3, -0.25) is 9.59 Å². The minimum atomic E-state index is -0.876. The Bertz CT molecular complexity index is 551. The normalized spacial score (nSPS) is 17.4. The lowest BCUT2D eigenvalue weighted by Gasteiger charge is -2.40. The van der Waals surface area contributed by atoms with Crippen LogP contribution in [0, 0.1) is 5.41 Å². The van der Waals surface area contributed by atoms with E-state index in [2.05, 4.69) is 5.32 Å². The summed E-state index contributed by atoms with van der Waals surface area (Å²) in [5.74, 6) is -1.46. The highest BCUT2D eigenvalue weighted by molar-refractivity contribution is 5.96. The third-order valence-corrected chi connectivity index (χ3v) is 4.59. The van der Waals surface area contributed by atoms with Crippen LogP contribution in [0.5, 0.6) is 0 Å². The smallest absolute Gasteiger partial charge is 0.310 e. The monoisotopic (exact) mass is 305 g/mol. The maximum absolute atomic E-state index is 12.6. The molecular weight excluding hydrogens is 282 g/mol. The zero-order chi connectivity index (χ0) is 16.2. The second kappa shape index (κ2) is 6.92. The highest BCUT2D eigenvalue weighted by Crippen LogP contribution is 2.44. The van der Waals surface area contributed by atoms with Crippen LogP contribution in [-0.4, -0.2) is 30.7 Å². The highest BCUT2D eigenvalue weighted by atomic mass is 16.5. The van der Waals surface area contributed by atoms with Crippen molar-refractivity contribution in [2.45, 2.75) is 38.5 Å². The van der Waals surface area contributed by atoms with Gasteiger partial charge in [-0.05, 0) is 43.9 Å². The van der Waals surface area contributed by atoms with Crippen LogP contribution in [0.1, 0.15) is 44.1 Å². The summed E-state index contributed by atoms with van der Waals surface area (Å²) >= 11 is 0. The number of hydrogen-bond donors (Lipinski definition) is 2. The molecule has 22 heavy (non-hydrogen) atoms. The molecule has 0 heterocycles. The molecule has 1 amide bonds. The van der Waals surface area contributed by atoms with Gasteiger partial charge in [0.15, 0.2) is 0 Å². The Morgan fingerprint density at radius 3 is 2.68 bits per heavy atom. The van der Waals surface area contributed by atoms with Gasteiger partial charge in [-0.2, -0.15) is 0 Å². The zero-order valence-corrected chi connectivity index (χ0v) is 13.1. The van der Waals surface area contributed by atoms with Crippen LogP contribution in [-0.2, 0) is 14.3 Å². The molecule has 1 aromatic carbocycles. The van der Waals surface area contributed by atoms with E-state index in [-0.39, 0.29) is 11.3 Å². The summed E-state index contributed by atoms with van der Waals surface area (Å²) in [4.78, 5) is 23.6. The summed E-state index contributed by atoms with van der Waals surface area (Å²) in [5, 5.41) is 12.0. The molecule has 5 heteroatoms. The minimum Gasteiger partial charge on any atom is -0.481 e. The number of anilines is 1. The van der Waals surface area contributed by atoms with Crippen LogP contribution >= 0.6 is 0 Å². The fourth-order valence-electron chi connectivity index (χ4n) is 2.78. The van der Waals surface area contributed by atoms with E-state index in [1.165, 1.54) is 0 Å². The predicted octanol–water partition coefficient (Wildman–Crippen LogP) is 3.02. The first-order valence-corrected chi connectivity index (χ1v) is 7.62. The van der Waals surface area contributed by atoms with E-state index in [9.17, 15) is 9.59 Å². The number of ether oxygens (including phenoxy) is 1. The maximum atomic E-state index is 12.6. The molecule has 2 N–H and O–H groups in total. The summed E-state index contributed by atoms with van der Waals surface area (Å²) in [6, 6.07) is 7.06. The third kappa shape index (κ3) is 3.47. The largest absolute Gasteiger partial charge is 0.481 e. The van der Waals surface area contributed by atoms with E-state index in [0.717, 1.165) is 25.7 Å². The Morgan fingerprint density at radius 2 is 2.14 bits per heavy atom. The lowest BCUT2D eigenvalue weighted by molar-refractivity contribution is -0.138. The average Bonchev–Trinajstić information content (AvgIpc) is 2.45. The van der Waals surface area contributed by atoms with Gasteiger partial charge in [-0.25, -0.2) is 0 Å². The first-order chi connectivity index (χ1) is 10.5. The molecule has 0 aromatic heterocycles. The van der Waals surface area contributed by atoms with Gasteiger partial charge in [0.2, 0.25) is 5.91 Å². The molecule has 1 aromatic rings. The maximum Gasteiger partial charge on any atom is 0.310 e. The lowest BCUT2D eigenvalue weighted by Crippen LogP contribution is -2.42. The standard InChI is InChI=1S/C17H23NO4/c1-12(15(19)20)13-5-3-6-14(11-13)18-16(21)17(7-4-8-17)9-10-22-2/h3,5-6,11-12H,4,7-10H2,1-2H3,(H,18,21)(H,19,20). The minimum absolute atomic E-state index is 0.0101. The van der Waals surface area contributed by atoms with Crippen molar-refractivity contribution in [3.63, 3.8) is 0 Å². The number of carbonyl (C=O) groups excluding carboxylic acids is 1. The number of hydrogen-bond acceptors (Lipinski definition) is 3. The van der Waals surface area contributed by atoms with Gasteiger partial charge in [0, 0.05) is 19.4 Å². The summed E-state index contributed by atoms with van der Waals surface area (Å²) < 4.78 is 5.11. The van der Waals surface area contributed by atoms with Gasteiger partial charge >= 0.3 is 5.97 Å². The van der Waals surface area contributed by atoms with Gasteiger partial charge in [0.1, 0.15) is 0 Å². The molecule has 1 aliphatic carbocycles. The number of methoxy groups -OCH3 is 1. The quantitative estimate of drug-likeness (QED) is 0.812. The van der Waals surface area contributed by atoms with Crippen molar-refractivity contribution in [1.29, 1.82) is 0 Å². The van der Waals surface area contributed by atoms with Crippen molar-refractivity contribution < 1.29 is 19.4 Å². The highest BCUT2D eigenvalue weighted by Gasteiger charge is 2.43. The molecule has 1 atom stereocenters. The second-order valence-corrected chi connectivity index (χ2v) is 6.02. The third-order valence-electron chi connectivity index (χ3n) is 4.59. The van der Waals surface area contributed by atoms with E-state index >= 15 is 0 Å². The number of aliphatic carboxylic acids is 1. The summed E-state index contributed by atoms with van der Waals surface area (Å²) in [6.07, 6.45) is 3.55. The first kappa shape index (κ1) is 16.5. The molecule has 0 radical (unpaired) electrons. The summed E-state index contributed by atoms with van der Waals surface area (Å²) in [7, 11) is 1.64. The summed E-state index contributed by atoms with van der Waals surface area (Å²) in [6.45, 7) is 2.21. The van der Waals surface area contributed by atoms with Crippen molar-refractivity contribution in [3.8, 4) is 0 Å².